The van der Waals surface area contributed by atoms with Crippen LogP contribution in [0.25, 0.3) is 0 Å². The van der Waals surface area contributed by atoms with Crippen LogP contribution < -0.4 is 11.1 Å². The number of nitrogens with one attached hydrogen (secondary N) is 1. The fraction of sp³-hybridized carbons (Fsp3) is 0.400. The van der Waals surface area contributed by atoms with Gasteiger partial charge in [-0.25, -0.2) is 4.39 Å². The number of carbonyl (C=O) groups is 2. The van der Waals surface area contributed by atoms with Gasteiger partial charge in [0.25, 0.3) is 5.91 Å². The van der Waals surface area contributed by atoms with Crippen molar-refractivity contribution in [3.05, 3.63) is 35.6 Å². The summed E-state index contributed by atoms with van der Waals surface area (Å²) >= 11 is 0. The first-order valence-electron chi connectivity index (χ1n) is 6.98. The lowest BCUT2D eigenvalue weighted by Crippen LogP contribution is -2.57. The van der Waals surface area contributed by atoms with Crippen molar-refractivity contribution in [3.8, 4) is 0 Å². The zero-order chi connectivity index (χ0) is 15.0. The number of hydrogen-bond donors (Lipinski definition) is 2. The number of nitrogens with zero attached hydrogens (tertiary/aromatic N) is 1. The van der Waals surface area contributed by atoms with Crippen LogP contribution in [0.3, 0.4) is 0 Å². The second-order valence-corrected chi connectivity index (χ2v) is 5.61. The molecule has 6 heteroatoms. The third kappa shape index (κ3) is 2.35. The van der Waals surface area contributed by atoms with Crippen molar-refractivity contribution in [3.63, 3.8) is 0 Å². The average molecular weight is 289 g/mol. The minimum atomic E-state index is -1.24. The number of rotatable bonds is 2. The fourth-order valence-corrected chi connectivity index (χ4v) is 2.97. The number of nitrogens with two attached hydrogens (primary N) is 1. The molecule has 3 N–H and O–H groups in total. The Bertz CT molecular complexity index is 636. The van der Waals surface area contributed by atoms with Gasteiger partial charge in [0, 0.05) is 5.56 Å². The standard InChI is InChI=1S/C15H16FN3O2/c16-10-6-2-1-5-9(10)11-12(20)18-14(19-13(11)21)15(17)7-3-4-8-15/h1-2,5-6,11H,3-4,7-8,17H2,(H,18,19,20,21). The number of aliphatic imine (C=N–C) groups is 1. The molecular weight excluding hydrogens is 273 g/mol. The van der Waals surface area contributed by atoms with Crippen molar-refractivity contribution >= 4 is 17.6 Å². The van der Waals surface area contributed by atoms with Crippen LogP contribution in [-0.2, 0) is 9.59 Å². The normalized spacial score (nSPS) is 24.7. The molecule has 1 aliphatic carbocycles. The number of amides is 2. The lowest BCUT2D eigenvalue weighted by molar-refractivity contribution is -0.130. The highest BCUT2D eigenvalue weighted by atomic mass is 19.1. The molecule has 1 aromatic rings. The minimum absolute atomic E-state index is 0.0419. The lowest BCUT2D eigenvalue weighted by atomic mass is 9.91. The summed E-state index contributed by atoms with van der Waals surface area (Å²) in [6, 6.07) is 5.73. The monoisotopic (exact) mass is 289 g/mol. The van der Waals surface area contributed by atoms with Crippen LogP contribution in [0.2, 0.25) is 0 Å². The SMILES string of the molecule is NC1(C2=NC(=O)C(c3ccccc3F)C(=O)N2)CCCC1. The molecule has 5 nitrogen and oxygen atoms in total. The molecule has 2 aliphatic rings. The van der Waals surface area contributed by atoms with E-state index in [0.717, 1.165) is 12.8 Å². The molecule has 1 unspecified atom stereocenters. The maximum absolute atomic E-state index is 13.8. The van der Waals surface area contributed by atoms with Gasteiger partial charge in [-0.1, -0.05) is 31.0 Å². The second kappa shape index (κ2) is 5.04. The zero-order valence-corrected chi connectivity index (χ0v) is 11.4. The summed E-state index contributed by atoms with van der Waals surface area (Å²) in [5, 5.41) is 2.60. The summed E-state index contributed by atoms with van der Waals surface area (Å²) in [4.78, 5) is 28.4. The summed E-state index contributed by atoms with van der Waals surface area (Å²) in [7, 11) is 0. The molecule has 110 valence electrons. The number of carbonyl (C=O) groups excluding carboxylic acids is 2. The molecule has 0 aromatic heterocycles. The smallest absolute Gasteiger partial charge is 0.264 e. The Kier molecular flexibility index (Phi) is 3.33. The Morgan fingerprint density at radius 1 is 1.24 bits per heavy atom. The Morgan fingerprint density at radius 3 is 2.52 bits per heavy atom. The van der Waals surface area contributed by atoms with E-state index in [1.54, 1.807) is 6.07 Å². The summed E-state index contributed by atoms with van der Waals surface area (Å²) in [5.41, 5.74) is 5.50. The summed E-state index contributed by atoms with van der Waals surface area (Å²) in [5.74, 6) is -2.82. The maximum Gasteiger partial charge on any atom is 0.264 e. The van der Waals surface area contributed by atoms with Crippen molar-refractivity contribution in [1.29, 1.82) is 0 Å². The van der Waals surface area contributed by atoms with Gasteiger partial charge in [-0.15, -0.1) is 0 Å². The van der Waals surface area contributed by atoms with Gasteiger partial charge in [0.05, 0.1) is 5.54 Å². The first kappa shape index (κ1) is 13.9. The largest absolute Gasteiger partial charge is 0.319 e. The second-order valence-electron chi connectivity index (χ2n) is 5.61. The Labute approximate surface area is 121 Å². The van der Waals surface area contributed by atoms with Crippen LogP contribution in [0.15, 0.2) is 29.3 Å². The van der Waals surface area contributed by atoms with Crippen molar-refractivity contribution in [1.82, 2.24) is 5.32 Å². The van der Waals surface area contributed by atoms with Crippen LogP contribution in [0, 0.1) is 5.82 Å². The van der Waals surface area contributed by atoms with Gasteiger partial charge in [-0.05, 0) is 18.9 Å². The number of hydrogen-bond acceptors (Lipinski definition) is 3. The Balaban J connectivity index is 1.95. The van der Waals surface area contributed by atoms with Crippen molar-refractivity contribution in [2.45, 2.75) is 37.1 Å². The highest BCUT2D eigenvalue weighted by Gasteiger charge is 2.42. The maximum atomic E-state index is 13.8. The predicted molar refractivity (Wildman–Crippen MR) is 75.1 cm³/mol. The summed E-state index contributed by atoms with van der Waals surface area (Å²) < 4.78 is 13.8. The van der Waals surface area contributed by atoms with E-state index in [9.17, 15) is 14.0 Å². The van der Waals surface area contributed by atoms with Gasteiger partial charge in [0.2, 0.25) is 5.91 Å². The molecule has 0 radical (unpaired) electrons. The predicted octanol–water partition coefficient (Wildman–Crippen LogP) is 1.24. The highest BCUT2D eigenvalue weighted by Crippen LogP contribution is 2.31. The summed E-state index contributed by atoms with van der Waals surface area (Å²) in [6.07, 6.45) is 3.25. The molecule has 21 heavy (non-hydrogen) atoms. The number of halogens is 1. The quantitative estimate of drug-likeness (QED) is 0.803. The van der Waals surface area contributed by atoms with E-state index in [-0.39, 0.29) is 11.4 Å². The van der Waals surface area contributed by atoms with Gasteiger partial charge < -0.3 is 11.1 Å². The van der Waals surface area contributed by atoms with Crippen LogP contribution in [-0.4, -0.2) is 23.2 Å². The molecule has 0 spiro atoms. The van der Waals surface area contributed by atoms with E-state index in [1.165, 1.54) is 18.2 Å². The van der Waals surface area contributed by atoms with Crippen LogP contribution >= 0.6 is 0 Å². The molecule has 0 saturated heterocycles. The first-order chi connectivity index (χ1) is 10.0. The van der Waals surface area contributed by atoms with Crippen LogP contribution in [0.4, 0.5) is 4.39 Å². The lowest BCUT2D eigenvalue weighted by Gasteiger charge is -2.30. The molecule has 1 fully saturated rings. The van der Waals surface area contributed by atoms with Crippen molar-refractivity contribution in [2.24, 2.45) is 10.7 Å². The summed E-state index contributed by atoms with van der Waals surface area (Å²) in [6.45, 7) is 0. The fourth-order valence-electron chi connectivity index (χ4n) is 2.97. The van der Waals surface area contributed by atoms with Gasteiger partial charge in [-0.2, -0.15) is 4.99 Å². The van der Waals surface area contributed by atoms with Gasteiger partial charge in [0.15, 0.2) is 0 Å². The van der Waals surface area contributed by atoms with Gasteiger partial charge >= 0.3 is 0 Å². The molecule has 3 rings (SSSR count). The average Bonchev–Trinajstić information content (AvgIpc) is 2.88. The van der Waals surface area contributed by atoms with E-state index in [2.05, 4.69) is 10.3 Å². The van der Waals surface area contributed by atoms with Crippen molar-refractivity contribution in [2.75, 3.05) is 0 Å². The van der Waals surface area contributed by atoms with Crippen molar-refractivity contribution < 1.29 is 14.0 Å². The Morgan fingerprint density at radius 2 is 1.90 bits per heavy atom. The molecular formula is C15H16FN3O2. The first-order valence-corrected chi connectivity index (χ1v) is 6.98. The molecule has 1 aliphatic heterocycles. The molecule has 1 saturated carbocycles. The van der Waals surface area contributed by atoms with E-state index >= 15 is 0 Å². The van der Waals surface area contributed by atoms with E-state index in [4.69, 9.17) is 5.73 Å². The number of amidine groups is 1. The van der Waals surface area contributed by atoms with E-state index < -0.39 is 29.1 Å². The minimum Gasteiger partial charge on any atom is -0.319 e. The molecule has 1 heterocycles. The molecule has 1 atom stereocenters. The van der Waals surface area contributed by atoms with Gasteiger partial charge in [-0.3, -0.25) is 9.59 Å². The third-order valence-electron chi connectivity index (χ3n) is 4.16. The molecule has 1 aromatic carbocycles. The van der Waals surface area contributed by atoms with Gasteiger partial charge in [0.1, 0.15) is 17.6 Å². The number of benzene rings is 1. The van der Waals surface area contributed by atoms with E-state index in [1.807, 2.05) is 0 Å². The third-order valence-corrected chi connectivity index (χ3v) is 4.16. The topological polar surface area (TPSA) is 84.5 Å². The zero-order valence-electron chi connectivity index (χ0n) is 11.4. The molecule has 2 amide bonds. The molecule has 0 bridgehead atoms. The van der Waals surface area contributed by atoms with E-state index in [0.29, 0.717) is 12.8 Å². The highest BCUT2D eigenvalue weighted by molar-refractivity contribution is 6.21. The van der Waals surface area contributed by atoms with Crippen LogP contribution in [0.1, 0.15) is 37.2 Å². The van der Waals surface area contributed by atoms with Crippen LogP contribution in [0.5, 0.6) is 0 Å². The Hall–Kier alpha value is -2.08.